The van der Waals surface area contributed by atoms with Gasteiger partial charge in [-0.15, -0.1) is 0 Å². The fourth-order valence-electron chi connectivity index (χ4n) is 1.29. The van der Waals surface area contributed by atoms with Gasteiger partial charge in [0.25, 0.3) is 0 Å². The Balaban J connectivity index is 2.84. The first-order valence-corrected chi connectivity index (χ1v) is 5.63. The summed E-state index contributed by atoms with van der Waals surface area (Å²) in [6.45, 7) is 6.79. The van der Waals surface area contributed by atoms with E-state index in [9.17, 15) is 4.79 Å². The van der Waals surface area contributed by atoms with Crippen molar-refractivity contribution < 1.29 is 9.90 Å². The molecule has 1 rings (SSSR count). The van der Waals surface area contributed by atoms with Crippen LogP contribution in [0.2, 0.25) is 0 Å². The third-order valence-corrected chi connectivity index (χ3v) is 2.89. The zero-order chi connectivity index (χ0) is 11.4. The molecule has 0 saturated carbocycles. The molecule has 1 N–H and O–H groups in total. The monoisotopic (exact) mass is 271 g/mol. The van der Waals surface area contributed by atoms with Gasteiger partial charge in [0.05, 0.1) is 5.57 Å². The van der Waals surface area contributed by atoms with Crippen molar-refractivity contribution in [3.8, 4) is 0 Å². The van der Waals surface area contributed by atoms with Gasteiger partial charge in [0.15, 0.2) is 0 Å². The van der Waals surface area contributed by atoms with E-state index in [1.54, 1.807) is 12.3 Å². The summed E-state index contributed by atoms with van der Waals surface area (Å²) in [6, 6.07) is 0. The number of unbranched alkanes of at least 4 members (excludes halogenated alkanes) is 1. The predicted molar refractivity (Wildman–Crippen MR) is 63.5 cm³/mol. The first kappa shape index (κ1) is 12.0. The first-order valence-electron chi connectivity index (χ1n) is 4.84. The fraction of sp³-hybridized carbons (Fsp3) is 0.364. The van der Waals surface area contributed by atoms with E-state index in [0.717, 1.165) is 29.6 Å². The molecule has 3 nitrogen and oxygen atoms in total. The summed E-state index contributed by atoms with van der Waals surface area (Å²) in [5.41, 5.74) is 1.10. The molecule has 0 atom stereocenters. The minimum atomic E-state index is -0.916. The largest absolute Gasteiger partial charge is 0.478 e. The smallest absolute Gasteiger partial charge is 0.337 e. The van der Waals surface area contributed by atoms with Crippen LogP contribution in [0.1, 0.15) is 19.8 Å². The summed E-state index contributed by atoms with van der Waals surface area (Å²) in [4.78, 5) is 12.7. The molecule has 0 bridgehead atoms. The lowest BCUT2D eigenvalue weighted by Crippen LogP contribution is -2.22. The van der Waals surface area contributed by atoms with Crippen molar-refractivity contribution in [2.45, 2.75) is 19.8 Å². The Morgan fingerprint density at radius 1 is 1.67 bits per heavy atom. The van der Waals surface area contributed by atoms with Crippen LogP contribution in [-0.2, 0) is 4.79 Å². The lowest BCUT2D eigenvalue weighted by Gasteiger charge is -2.26. The maximum Gasteiger partial charge on any atom is 0.337 e. The molecular weight excluding hydrogens is 258 g/mol. The van der Waals surface area contributed by atoms with Gasteiger partial charge in [-0.3, -0.25) is 0 Å². The topological polar surface area (TPSA) is 40.5 Å². The van der Waals surface area contributed by atoms with E-state index in [1.165, 1.54) is 0 Å². The van der Waals surface area contributed by atoms with E-state index in [-0.39, 0.29) is 5.57 Å². The molecule has 0 aromatic rings. The zero-order valence-electron chi connectivity index (χ0n) is 8.66. The molecule has 15 heavy (non-hydrogen) atoms. The predicted octanol–water partition coefficient (Wildman–Crippen LogP) is 2.86. The summed E-state index contributed by atoms with van der Waals surface area (Å²) in [6.07, 6.45) is 5.29. The van der Waals surface area contributed by atoms with Crippen LogP contribution in [0.5, 0.6) is 0 Å². The molecule has 0 aromatic carbocycles. The van der Waals surface area contributed by atoms with Crippen molar-refractivity contribution in [3.05, 3.63) is 34.6 Å². The number of carboxylic acids is 1. The van der Waals surface area contributed by atoms with Gasteiger partial charge in [0.2, 0.25) is 0 Å². The Morgan fingerprint density at radius 3 is 2.87 bits per heavy atom. The highest BCUT2D eigenvalue weighted by Gasteiger charge is 2.17. The average molecular weight is 272 g/mol. The second kappa shape index (κ2) is 5.16. The maximum atomic E-state index is 10.8. The van der Waals surface area contributed by atoms with Crippen molar-refractivity contribution in [2.24, 2.45) is 0 Å². The Hall–Kier alpha value is -1.03. The SMILES string of the molecule is C=C1C(Br)=CC(C(=O)O)=CN1CCCC. The van der Waals surface area contributed by atoms with Gasteiger partial charge >= 0.3 is 5.97 Å². The van der Waals surface area contributed by atoms with Crippen molar-refractivity contribution >= 4 is 21.9 Å². The molecule has 4 heteroatoms. The normalized spacial score (nSPS) is 16.1. The third-order valence-electron chi connectivity index (χ3n) is 2.20. The molecule has 1 aliphatic heterocycles. The molecule has 0 unspecified atom stereocenters. The number of hydrogen-bond donors (Lipinski definition) is 1. The van der Waals surface area contributed by atoms with Crippen LogP contribution in [0.25, 0.3) is 0 Å². The molecule has 0 spiro atoms. The van der Waals surface area contributed by atoms with Crippen LogP contribution in [0.3, 0.4) is 0 Å². The number of carbonyl (C=O) groups is 1. The molecule has 1 heterocycles. The molecule has 0 radical (unpaired) electrons. The highest BCUT2D eigenvalue weighted by Crippen LogP contribution is 2.27. The Morgan fingerprint density at radius 2 is 2.33 bits per heavy atom. The second-order valence-corrected chi connectivity index (χ2v) is 4.23. The zero-order valence-corrected chi connectivity index (χ0v) is 10.2. The fourth-order valence-corrected chi connectivity index (χ4v) is 1.76. The van der Waals surface area contributed by atoms with Gasteiger partial charge < -0.3 is 10.0 Å². The van der Waals surface area contributed by atoms with Gasteiger partial charge in [-0.25, -0.2) is 4.79 Å². The van der Waals surface area contributed by atoms with E-state index in [4.69, 9.17) is 5.11 Å². The second-order valence-electron chi connectivity index (χ2n) is 3.38. The van der Waals surface area contributed by atoms with Crippen LogP contribution in [0.15, 0.2) is 34.6 Å². The molecule has 0 saturated heterocycles. The molecule has 0 aromatic heterocycles. The lowest BCUT2D eigenvalue weighted by atomic mass is 10.1. The van der Waals surface area contributed by atoms with Gasteiger partial charge in [-0.05, 0) is 28.4 Å². The quantitative estimate of drug-likeness (QED) is 0.855. The summed E-state index contributed by atoms with van der Waals surface area (Å²) in [5, 5.41) is 8.90. The van der Waals surface area contributed by atoms with E-state index in [0.29, 0.717) is 0 Å². The summed E-state index contributed by atoms with van der Waals surface area (Å²) >= 11 is 3.31. The molecule has 1 aliphatic rings. The van der Waals surface area contributed by atoms with Crippen molar-refractivity contribution in [1.82, 2.24) is 4.90 Å². The number of hydrogen-bond acceptors (Lipinski definition) is 2. The molecule has 0 aliphatic carbocycles. The average Bonchev–Trinajstić information content (AvgIpc) is 2.19. The van der Waals surface area contributed by atoms with Crippen LogP contribution < -0.4 is 0 Å². The number of halogens is 1. The highest BCUT2D eigenvalue weighted by atomic mass is 79.9. The third kappa shape index (κ3) is 2.96. The van der Waals surface area contributed by atoms with Gasteiger partial charge in [-0.2, -0.15) is 0 Å². The standard InChI is InChI=1S/C11H14BrNO2/c1-3-4-5-13-7-9(11(14)15)6-10(12)8(13)2/h6-7H,2-5H2,1H3,(H,14,15). The number of rotatable bonds is 4. The molecular formula is C11H14BrNO2. The Labute approximate surface area is 97.9 Å². The van der Waals surface area contributed by atoms with Crippen LogP contribution in [-0.4, -0.2) is 22.5 Å². The number of aliphatic carboxylic acids is 1. The Kier molecular flexibility index (Phi) is 4.15. The van der Waals surface area contributed by atoms with Crippen LogP contribution in [0.4, 0.5) is 0 Å². The first-order chi connectivity index (χ1) is 7.06. The minimum absolute atomic E-state index is 0.283. The number of allylic oxidation sites excluding steroid dienone is 1. The number of nitrogens with zero attached hydrogens (tertiary/aromatic N) is 1. The van der Waals surface area contributed by atoms with Gasteiger partial charge in [0, 0.05) is 22.9 Å². The van der Waals surface area contributed by atoms with E-state index >= 15 is 0 Å². The van der Waals surface area contributed by atoms with Gasteiger partial charge in [0.1, 0.15) is 0 Å². The molecule has 0 amide bonds. The summed E-state index contributed by atoms with van der Waals surface area (Å²) in [5.74, 6) is -0.916. The number of carboxylic acid groups (broad SMARTS) is 1. The lowest BCUT2D eigenvalue weighted by molar-refractivity contribution is -0.132. The minimum Gasteiger partial charge on any atom is -0.478 e. The van der Waals surface area contributed by atoms with Crippen molar-refractivity contribution in [2.75, 3.05) is 6.54 Å². The highest BCUT2D eigenvalue weighted by molar-refractivity contribution is 9.12. The molecule has 82 valence electrons. The van der Waals surface area contributed by atoms with Crippen molar-refractivity contribution in [3.63, 3.8) is 0 Å². The summed E-state index contributed by atoms with van der Waals surface area (Å²) < 4.78 is 0.735. The van der Waals surface area contributed by atoms with Crippen molar-refractivity contribution in [1.29, 1.82) is 0 Å². The summed E-state index contributed by atoms with van der Waals surface area (Å²) in [7, 11) is 0. The molecule has 0 fully saturated rings. The van der Waals surface area contributed by atoms with Gasteiger partial charge in [-0.1, -0.05) is 19.9 Å². The van der Waals surface area contributed by atoms with E-state index in [2.05, 4.69) is 29.4 Å². The van der Waals surface area contributed by atoms with E-state index < -0.39 is 5.97 Å². The Bertz CT molecular complexity index is 344. The van der Waals surface area contributed by atoms with Crippen LogP contribution in [0, 0.1) is 0 Å². The maximum absolute atomic E-state index is 10.8. The van der Waals surface area contributed by atoms with E-state index in [1.807, 2.05) is 4.90 Å². The van der Waals surface area contributed by atoms with Crippen LogP contribution >= 0.6 is 15.9 Å².